The van der Waals surface area contributed by atoms with Crippen LogP contribution in [0.15, 0.2) is 29.8 Å². The molecule has 142 valence electrons. The second kappa shape index (κ2) is 7.58. The minimum absolute atomic E-state index is 0.0344. The van der Waals surface area contributed by atoms with Crippen LogP contribution in [-0.2, 0) is 9.53 Å². The van der Waals surface area contributed by atoms with Gasteiger partial charge in [-0.2, -0.15) is 5.26 Å². The van der Waals surface area contributed by atoms with Crippen molar-refractivity contribution in [2.75, 3.05) is 37.7 Å². The maximum atomic E-state index is 12.6. The van der Waals surface area contributed by atoms with Gasteiger partial charge in [0.25, 0.3) is 5.91 Å². The summed E-state index contributed by atoms with van der Waals surface area (Å²) in [5.41, 5.74) is 4.57. The molecule has 0 N–H and O–H groups in total. The second-order valence-corrected chi connectivity index (χ2v) is 7.58. The predicted molar refractivity (Wildman–Crippen MR) is 108 cm³/mol. The monoisotopic (exact) mass is 365 g/mol. The summed E-state index contributed by atoms with van der Waals surface area (Å²) in [7, 11) is 0. The van der Waals surface area contributed by atoms with Gasteiger partial charge in [0, 0.05) is 30.9 Å². The van der Waals surface area contributed by atoms with Crippen molar-refractivity contribution >= 4 is 23.2 Å². The summed E-state index contributed by atoms with van der Waals surface area (Å²) in [5.74, 6) is -0.220. The Bertz CT molecular complexity index is 840. The first kappa shape index (κ1) is 19.2. The Morgan fingerprint density at radius 2 is 2.04 bits per heavy atom. The SMILES string of the molecule is CCN1c2ccc(/C=C(\C#N)C(=O)N3CCOCC3)cc2C(C)=CC1(C)C. The topological polar surface area (TPSA) is 56.6 Å². The number of nitriles is 1. The van der Waals surface area contributed by atoms with E-state index in [2.05, 4.69) is 56.9 Å². The Morgan fingerprint density at radius 1 is 1.33 bits per heavy atom. The van der Waals surface area contributed by atoms with Gasteiger partial charge in [0.15, 0.2) is 0 Å². The predicted octanol–water partition coefficient (Wildman–Crippen LogP) is 3.47. The van der Waals surface area contributed by atoms with E-state index < -0.39 is 0 Å². The van der Waals surface area contributed by atoms with Crippen LogP contribution in [-0.4, -0.2) is 49.2 Å². The fourth-order valence-electron chi connectivity index (χ4n) is 4.01. The highest BCUT2D eigenvalue weighted by Gasteiger charge is 2.30. The normalized spacial score (nSPS) is 19.2. The van der Waals surface area contributed by atoms with Crippen LogP contribution in [0.4, 0.5) is 5.69 Å². The molecule has 2 aliphatic rings. The Kier molecular flexibility index (Phi) is 5.38. The summed E-state index contributed by atoms with van der Waals surface area (Å²) < 4.78 is 5.29. The molecule has 2 heterocycles. The standard InChI is InChI=1S/C22H27N3O2/c1-5-25-20-7-6-17(13-19(20)16(2)14-22(25,3)4)12-18(15-23)21(26)24-8-10-27-11-9-24/h6-7,12-14H,5,8-11H2,1-4H3/b18-12+. The van der Waals surface area contributed by atoms with Crippen LogP contribution in [0.25, 0.3) is 11.6 Å². The summed E-state index contributed by atoms with van der Waals surface area (Å²) >= 11 is 0. The van der Waals surface area contributed by atoms with E-state index in [4.69, 9.17) is 4.74 Å². The van der Waals surface area contributed by atoms with E-state index in [1.807, 2.05) is 6.07 Å². The first-order valence-corrected chi connectivity index (χ1v) is 9.47. The summed E-state index contributed by atoms with van der Waals surface area (Å²) in [4.78, 5) is 16.7. The maximum Gasteiger partial charge on any atom is 0.264 e. The van der Waals surface area contributed by atoms with Crippen LogP contribution < -0.4 is 4.90 Å². The lowest BCUT2D eigenvalue weighted by atomic mass is 9.88. The van der Waals surface area contributed by atoms with E-state index in [9.17, 15) is 10.1 Å². The number of benzene rings is 1. The molecule has 1 aromatic rings. The molecule has 1 fully saturated rings. The van der Waals surface area contributed by atoms with Crippen LogP contribution in [0.3, 0.4) is 0 Å². The molecule has 0 saturated carbocycles. The number of likely N-dealkylation sites (N-methyl/N-ethyl adjacent to an activating group) is 1. The number of hydrogen-bond donors (Lipinski definition) is 0. The first-order chi connectivity index (χ1) is 12.9. The quantitative estimate of drug-likeness (QED) is 0.608. The number of anilines is 1. The largest absolute Gasteiger partial charge is 0.378 e. The van der Waals surface area contributed by atoms with Gasteiger partial charge in [-0.05, 0) is 57.0 Å². The molecule has 5 heteroatoms. The summed E-state index contributed by atoms with van der Waals surface area (Å²) in [5, 5.41) is 9.51. The molecule has 27 heavy (non-hydrogen) atoms. The molecular weight excluding hydrogens is 338 g/mol. The molecule has 1 amide bonds. The molecule has 0 atom stereocenters. The van der Waals surface area contributed by atoms with Crippen molar-refractivity contribution in [2.45, 2.75) is 33.2 Å². The molecular formula is C22H27N3O2. The van der Waals surface area contributed by atoms with Gasteiger partial charge >= 0.3 is 0 Å². The molecule has 2 aliphatic heterocycles. The van der Waals surface area contributed by atoms with Gasteiger partial charge in [-0.1, -0.05) is 12.1 Å². The van der Waals surface area contributed by atoms with Crippen LogP contribution in [0.1, 0.15) is 38.8 Å². The Balaban J connectivity index is 1.94. The average Bonchev–Trinajstić information content (AvgIpc) is 2.66. The van der Waals surface area contributed by atoms with Crippen molar-refractivity contribution in [3.8, 4) is 6.07 Å². The van der Waals surface area contributed by atoms with Gasteiger partial charge in [-0.3, -0.25) is 4.79 Å². The third-order valence-corrected chi connectivity index (χ3v) is 5.28. The molecule has 1 saturated heterocycles. The van der Waals surface area contributed by atoms with Crippen LogP contribution >= 0.6 is 0 Å². The van der Waals surface area contributed by atoms with E-state index in [0.29, 0.717) is 26.3 Å². The molecule has 0 aliphatic carbocycles. The fraction of sp³-hybridized carbons (Fsp3) is 0.455. The average molecular weight is 365 g/mol. The molecule has 0 radical (unpaired) electrons. The molecule has 0 unspecified atom stereocenters. The number of carbonyl (C=O) groups excluding carboxylic acids is 1. The second-order valence-electron chi connectivity index (χ2n) is 7.58. The highest BCUT2D eigenvalue weighted by Crippen LogP contribution is 2.39. The number of allylic oxidation sites excluding steroid dienone is 1. The Morgan fingerprint density at radius 3 is 2.67 bits per heavy atom. The van der Waals surface area contributed by atoms with Gasteiger partial charge in [-0.25, -0.2) is 0 Å². The van der Waals surface area contributed by atoms with Gasteiger partial charge < -0.3 is 14.5 Å². The first-order valence-electron chi connectivity index (χ1n) is 9.47. The molecule has 1 aromatic carbocycles. The maximum absolute atomic E-state index is 12.6. The van der Waals surface area contributed by atoms with Crippen molar-refractivity contribution < 1.29 is 9.53 Å². The minimum Gasteiger partial charge on any atom is -0.378 e. The summed E-state index contributed by atoms with van der Waals surface area (Å²) in [6, 6.07) is 8.23. The molecule has 0 aromatic heterocycles. The zero-order valence-electron chi connectivity index (χ0n) is 16.6. The number of nitrogens with zero attached hydrogens (tertiary/aromatic N) is 3. The summed E-state index contributed by atoms with van der Waals surface area (Å²) in [6.07, 6.45) is 3.97. The Hall–Kier alpha value is -2.58. The van der Waals surface area contributed by atoms with Crippen LogP contribution in [0.5, 0.6) is 0 Å². The third-order valence-electron chi connectivity index (χ3n) is 5.28. The lowest BCUT2D eigenvalue weighted by Gasteiger charge is -2.42. The van der Waals surface area contributed by atoms with Gasteiger partial charge in [0.05, 0.1) is 18.8 Å². The van der Waals surface area contributed by atoms with Crippen LogP contribution in [0, 0.1) is 11.3 Å². The lowest BCUT2D eigenvalue weighted by molar-refractivity contribution is -0.130. The fourth-order valence-corrected chi connectivity index (χ4v) is 4.01. The number of fused-ring (bicyclic) bond motifs is 1. The molecule has 0 spiro atoms. The molecule has 0 bridgehead atoms. The van der Waals surface area contributed by atoms with Crippen LogP contribution in [0.2, 0.25) is 0 Å². The van der Waals surface area contributed by atoms with Gasteiger partial charge in [0.2, 0.25) is 0 Å². The van der Waals surface area contributed by atoms with Crippen molar-refractivity contribution in [1.29, 1.82) is 5.26 Å². The number of carbonyl (C=O) groups is 1. The highest BCUT2D eigenvalue weighted by atomic mass is 16.5. The van der Waals surface area contributed by atoms with E-state index in [1.54, 1.807) is 11.0 Å². The zero-order valence-corrected chi connectivity index (χ0v) is 16.6. The van der Waals surface area contributed by atoms with E-state index >= 15 is 0 Å². The number of morpholine rings is 1. The number of ether oxygens (including phenoxy) is 1. The third kappa shape index (κ3) is 3.77. The summed E-state index contributed by atoms with van der Waals surface area (Å²) in [6.45, 7) is 11.7. The van der Waals surface area contributed by atoms with Gasteiger partial charge in [0.1, 0.15) is 11.6 Å². The van der Waals surface area contributed by atoms with Gasteiger partial charge in [-0.15, -0.1) is 0 Å². The lowest BCUT2D eigenvalue weighted by Crippen LogP contribution is -2.44. The smallest absolute Gasteiger partial charge is 0.264 e. The number of rotatable bonds is 3. The van der Waals surface area contributed by atoms with Crippen molar-refractivity contribution in [3.05, 3.63) is 41.0 Å². The minimum atomic E-state index is -0.220. The molecule has 3 rings (SSSR count). The van der Waals surface area contributed by atoms with Crippen molar-refractivity contribution in [1.82, 2.24) is 4.90 Å². The number of hydrogen-bond acceptors (Lipinski definition) is 4. The Labute approximate surface area is 161 Å². The van der Waals surface area contributed by atoms with Crippen molar-refractivity contribution in [2.24, 2.45) is 0 Å². The van der Waals surface area contributed by atoms with E-state index in [-0.39, 0.29) is 17.0 Å². The zero-order chi connectivity index (χ0) is 19.6. The van der Waals surface area contributed by atoms with Crippen molar-refractivity contribution in [3.63, 3.8) is 0 Å². The van der Waals surface area contributed by atoms with E-state index in [0.717, 1.165) is 17.7 Å². The van der Waals surface area contributed by atoms with E-state index in [1.165, 1.54) is 11.3 Å². The number of amides is 1. The highest BCUT2D eigenvalue weighted by molar-refractivity contribution is 6.02. The molecule has 5 nitrogen and oxygen atoms in total.